The number of hydrogen-bond acceptors (Lipinski definition) is 4. The van der Waals surface area contributed by atoms with Crippen LogP contribution in [0.2, 0.25) is 0 Å². The van der Waals surface area contributed by atoms with Crippen molar-refractivity contribution in [3.8, 4) is 5.75 Å². The molecule has 1 spiro atoms. The Morgan fingerprint density at radius 3 is 2.59 bits per heavy atom. The topological polar surface area (TPSA) is 36.4 Å². The predicted molar refractivity (Wildman–Crippen MR) is 91.4 cm³/mol. The maximum atomic E-state index is 10.2. The molecule has 0 radical (unpaired) electrons. The van der Waals surface area contributed by atoms with Crippen molar-refractivity contribution in [1.29, 1.82) is 0 Å². The molecule has 3 nitrogen and oxygen atoms in total. The average molecular weight is 314 g/mol. The van der Waals surface area contributed by atoms with Crippen molar-refractivity contribution in [3.05, 3.63) is 33.8 Å². The van der Waals surface area contributed by atoms with Gasteiger partial charge in [0.25, 0.3) is 0 Å². The van der Waals surface area contributed by atoms with Crippen LogP contribution in [0.4, 0.5) is 10.8 Å². The number of aromatic nitrogens is 1. The van der Waals surface area contributed by atoms with Gasteiger partial charge in [-0.15, -0.1) is 11.3 Å². The fourth-order valence-corrected chi connectivity index (χ4v) is 4.79. The summed E-state index contributed by atoms with van der Waals surface area (Å²) >= 11 is 1.73. The molecule has 2 aromatic rings. The molecule has 4 heteroatoms. The lowest BCUT2D eigenvalue weighted by Crippen LogP contribution is -2.46. The van der Waals surface area contributed by atoms with Crippen LogP contribution in [0.5, 0.6) is 5.75 Å². The minimum Gasteiger partial charge on any atom is -0.508 e. The first kappa shape index (κ1) is 14.1. The molecule has 0 unspecified atom stereocenters. The van der Waals surface area contributed by atoms with Crippen LogP contribution in [0.25, 0.3) is 0 Å². The third kappa shape index (κ3) is 1.97. The number of fused-ring (bicyclic) bond motifs is 1. The normalized spacial score (nSPS) is 19.1. The summed E-state index contributed by atoms with van der Waals surface area (Å²) in [6.45, 7) is 7.25. The Morgan fingerprint density at radius 1 is 1.23 bits per heavy atom. The lowest BCUT2D eigenvalue weighted by atomic mass is 9.63. The Kier molecular flexibility index (Phi) is 3.02. The van der Waals surface area contributed by atoms with Gasteiger partial charge in [-0.3, -0.25) is 0 Å². The number of phenols is 1. The van der Waals surface area contributed by atoms with Gasteiger partial charge in [0.1, 0.15) is 5.75 Å². The van der Waals surface area contributed by atoms with E-state index < -0.39 is 0 Å². The van der Waals surface area contributed by atoms with E-state index in [0.717, 1.165) is 29.4 Å². The molecule has 22 heavy (non-hydrogen) atoms. The molecule has 1 aromatic carbocycles. The van der Waals surface area contributed by atoms with Crippen LogP contribution < -0.4 is 4.90 Å². The van der Waals surface area contributed by atoms with Gasteiger partial charge >= 0.3 is 0 Å². The lowest BCUT2D eigenvalue weighted by Gasteiger charge is -2.50. The molecular formula is C18H22N2OS. The van der Waals surface area contributed by atoms with Gasteiger partial charge in [-0.2, -0.15) is 0 Å². The zero-order chi connectivity index (χ0) is 15.5. The fourth-order valence-electron chi connectivity index (χ4n) is 3.98. The molecular weight excluding hydrogens is 292 g/mol. The maximum absolute atomic E-state index is 10.2. The first-order valence-electron chi connectivity index (χ1n) is 8.01. The number of hydrogen-bond donors (Lipinski definition) is 1. The third-order valence-electron chi connectivity index (χ3n) is 5.50. The summed E-state index contributed by atoms with van der Waals surface area (Å²) in [5.74, 6) is 0.433. The molecule has 0 atom stereocenters. The fraction of sp³-hybridized carbons (Fsp3) is 0.500. The maximum Gasteiger partial charge on any atom is 0.190 e. The molecule has 1 N–H and O–H groups in total. The Hall–Kier alpha value is -1.55. The Bertz CT molecular complexity index is 746. The van der Waals surface area contributed by atoms with Gasteiger partial charge in [0.2, 0.25) is 0 Å². The Labute approximate surface area is 135 Å². The lowest BCUT2D eigenvalue weighted by molar-refractivity contribution is 0.138. The zero-order valence-corrected chi connectivity index (χ0v) is 14.3. The van der Waals surface area contributed by atoms with E-state index in [0.29, 0.717) is 11.2 Å². The first-order chi connectivity index (χ1) is 10.5. The smallest absolute Gasteiger partial charge is 0.190 e. The van der Waals surface area contributed by atoms with Crippen molar-refractivity contribution in [3.63, 3.8) is 0 Å². The van der Waals surface area contributed by atoms with Crippen molar-refractivity contribution in [2.24, 2.45) is 5.41 Å². The van der Waals surface area contributed by atoms with Crippen LogP contribution in [-0.2, 0) is 6.42 Å². The standard InChI is InChI=1S/C18H22N2OS/c1-11-9-22-17(19-11)20-10-18(5-4-6-18)8-14-7-15(21)12(2)13(3)16(14)20/h7,9,21H,4-6,8,10H2,1-3H3. The van der Waals surface area contributed by atoms with E-state index in [-0.39, 0.29) is 0 Å². The Balaban J connectivity index is 1.90. The summed E-state index contributed by atoms with van der Waals surface area (Å²) < 4.78 is 0. The number of nitrogens with zero attached hydrogens (tertiary/aromatic N) is 2. The van der Waals surface area contributed by atoms with Crippen molar-refractivity contribution in [2.75, 3.05) is 11.4 Å². The van der Waals surface area contributed by atoms with E-state index in [2.05, 4.69) is 24.1 Å². The molecule has 0 bridgehead atoms. The van der Waals surface area contributed by atoms with Crippen molar-refractivity contribution in [2.45, 2.75) is 46.5 Å². The van der Waals surface area contributed by atoms with Gasteiger partial charge in [-0.05, 0) is 68.2 Å². The summed E-state index contributed by atoms with van der Waals surface area (Å²) in [6.07, 6.45) is 5.01. The molecule has 1 aliphatic carbocycles. The summed E-state index contributed by atoms with van der Waals surface area (Å²) in [5.41, 5.74) is 6.23. The number of benzene rings is 1. The van der Waals surface area contributed by atoms with Crippen LogP contribution in [0.1, 0.15) is 41.6 Å². The van der Waals surface area contributed by atoms with Gasteiger partial charge in [-0.1, -0.05) is 6.42 Å². The molecule has 1 saturated carbocycles. The SMILES string of the molecule is Cc1csc(N2CC3(CCC3)Cc3cc(O)c(C)c(C)c32)n1. The van der Waals surface area contributed by atoms with Crippen molar-refractivity contribution < 1.29 is 5.11 Å². The van der Waals surface area contributed by atoms with Gasteiger partial charge in [-0.25, -0.2) is 4.98 Å². The largest absolute Gasteiger partial charge is 0.508 e. The van der Waals surface area contributed by atoms with Gasteiger partial charge < -0.3 is 10.0 Å². The van der Waals surface area contributed by atoms with Crippen LogP contribution in [0.15, 0.2) is 11.4 Å². The number of aryl methyl sites for hydroxylation is 1. The molecule has 2 aliphatic rings. The average Bonchev–Trinajstić information content (AvgIpc) is 2.88. The van der Waals surface area contributed by atoms with Crippen LogP contribution >= 0.6 is 11.3 Å². The van der Waals surface area contributed by atoms with E-state index in [1.54, 1.807) is 11.3 Å². The van der Waals surface area contributed by atoms with Crippen molar-refractivity contribution in [1.82, 2.24) is 4.98 Å². The molecule has 0 amide bonds. The number of phenolic OH excluding ortho intramolecular Hbond substituents is 1. The van der Waals surface area contributed by atoms with E-state index in [1.807, 2.05) is 13.0 Å². The summed E-state index contributed by atoms with van der Waals surface area (Å²) in [7, 11) is 0. The van der Waals surface area contributed by atoms with Crippen LogP contribution in [-0.4, -0.2) is 16.6 Å². The molecule has 0 saturated heterocycles. The number of anilines is 2. The molecule has 1 aliphatic heterocycles. The Morgan fingerprint density at radius 2 is 2.00 bits per heavy atom. The third-order valence-corrected chi connectivity index (χ3v) is 6.48. The second kappa shape index (κ2) is 4.72. The summed E-state index contributed by atoms with van der Waals surface area (Å²) in [4.78, 5) is 7.15. The highest BCUT2D eigenvalue weighted by Gasteiger charge is 2.44. The molecule has 116 valence electrons. The first-order valence-corrected chi connectivity index (χ1v) is 8.89. The second-order valence-electron chi connectivity index (χ2n) is 7.04. The highest BCUT2D eigenvalue weighted by molar-refractivity contribution is 7.13. The van der Waals surface area contributed by atoms with Crippen LogP contribution in [0.3, 0.4) is 0 Å². The quantitative estimate of drug-likeness (QED) is 0.833. The van der Waals surface area contributed by atoms with Gasteiger partial charge in [0.15, 0.2) is 5.13 Å². The molecule has 1 fully saturated rings. The second-order valence-corrected chi connectivity index (χ2v) is 7.88. The van der Waals surface area contributed by atoms with E-state index in [4.69, 9.17) is 4.98 Å². The van der Waals surface area contributed by atoms with Gasteiger partial charge in [0.05, 0.1) is 5.69 Å². The van der Waals surface area contributed by atoms with Crippen molar-refractivity contribution >= 4 is 22.2 Å². The summed E-state index contributed by atoms with van der Waals surface area (Å²) in [6, 6.07) is 1.99. The van der Waals surface area contributed by atoms with Crippen LogP contribution in [0, 0.1) is 26.2 Å². The monoisotopic (exact) mass is 314 g/mol. The summed E-state index contributed by atoms with van der Waals surface area (Å²) in [5, 5.41) is 13.5. The molecule has 2 heterocycles. The van der Waals surface area contributed by atoms with E-state index >= 15 is 0 Å². The van der Waals surface area contributed by atoms with Gasteiger partial charge in [0, 0.05) is 17.6 Å². The number of thiazole rings is 1. The molecule has 1 aromatic heterocycles. The van der Waals surface area contributed by atoms with E-state index in [9.17, 15) is 5.11 Å². The highest BCUT2D eigenvalue weighted by atomic mass is 32.1. The zero-order valence-electron chi connectivity index (χ0n) is 13.4. The molecule has 4 rings (SSSR count). The number of aromatic hydroxyl groups is 1. The highest BCUT2D eigenvalue weighted by Crippen LogP contribution is 2.53. The minimum absolute atomic E-state index is 0.390. The predicted octanol–water partition coefficient (Wildman–Crippen LogP) is 4.64. The van der Waals surface area contributed by atoms with E-state index in [1.165, 1.54) is 36.1 Å². The number of rotatable bonds is 1. The minimum atomic E-state index is 0.390.